The van der Waals surface area contributed by atoms with Crippen LogP contribution >= 0.6 is 15.6 Å². The van der Waals surface area contributed by atoms with Crippen LogP contribution in [0.2, 0.25) is 0 Å². The SMILES string of the molecule is CCCCCCCCCCCCCCCCCC(=O)O[C@H](COC(=O)CCCCCCCCCC(C)C)COP(=O)(O)OC[C@H](O)COP(=O)(O)OC[C@@H](COC(=O)CCCCCCCCCCCCCCC(C)C)OC(=O)CCCCCCCCCCCCCCCCC(C)CC. The zero-order valence-corrected chi connectivity index (χ0v) is 66.0. The molecule has 0 heterocycles. The van der Waals surface area contributed by atoms with E-state index >= 15 is 0 Å². The Bertz CT molecular complexity index is 1910. The van der Waals surface area contributed by atoms with Crippen LogP contribution in [-0.2, 0) is 65.4 Å². The van der Waals surface area contributed by atoms with Gasteiger partial charge < -0.3 is 33.8 Å². The maximum Gasteiger partial charge on any atom is 0.472 e. The number of unbranched alkanes of at least 4 members (excludes halogenated alkanes) is 44. The maximum atomic E-state index is 13.1. The van der Waals surface area contributed by atoms with Crippen LogP contribution < -0.4 is 0 Å². The van der Waals surface area contributed by atoms with E-state index in [1.807, 2.05) is 0 Å². The van der Waals surface area contributed by atoms with Gasteiger partial charge in [0, 0.05) is 25.7 Å². The van der Waals surface area contributed by atoms with Crippen molar-refractivity contribution in [2.45, 2.75) is 426 Å². The minimum absolute atomic E-state index is 0.107. The van der Waals surface area contributed by atoms with Gasteiger partial charge in [0.25, 0.3) is 0 Å². The molecule has 0 bridgehead atoms. The van der Waals surface area contributed by atoms with Crippen LogP contribution in [0, 0.1) is 17.8 Å². The molecule has 0 aromatic rings. The molecule has 19 heteroatoms. The number of ether oxygens (including phenoxy) is 4. The van der Waals surface area contributed by atoms with Gasteiger partial charge in [-0.05, 0) is 43.4 Å². The van der Waals surface area contributed by atoms with E-state index in [2.05, 4.69) is 48.5 Å². The van der Waals surface area contributed by atoms with Crippen molar-refractivity contribution in [3.63, 3.8) is 0 Å². The molecule has 0 aliphatic rings. The van der Waals surface area contributed by atoms with Gasteiger partial charge in [0.2, 0.25) is 0 Å². The summed E-state index contributed by atoms with van der Waals surface area (Å²) in [6.07, 6.45) is 56.8. The predicted molar refractivity (Wildman–Crippen MR) is 400 cm³/mol. The average Bonchev–Trinajstić information content (AvgIpc) is 1.05. The Labute approximate surface area is 600 Å². The van der Waals surface area contributed by atoms with Crippen LogP contribution in [0.4, 0.5) is 0 Å². The lowest BCUT2D eigenvalue weighted by Crippen LogP contribution is -2.30. The van der Waals surface area contributed by atoms with Crippen LogP contribution in [0.3, 0.4) is 0 Å². The molecule has 6 atom stereocenters. The molecule has 0 aliphatic carbocycles. The summed E-state index contributed by atoms with van der Waals surface area (Å²) in [5, 5.41) is 10.6. The molecule has 0 saturated carbocycles. The van der Waals surface area contributed by atoms with E-state index in [1.165, 1.54) is 212 Å². The van der Waals surface area contributed by atoms with Gasteiger partial charge in [-0.1, -0.05) is 357 Å². The van der Waals surface area contributed by atoms with Crippen molar-refractivity contribution in [1.29, 1.82) is 0 Å². The number of carbonyl (C=O) groups excluding carboxylic acids is 4. The van der Waals surface area contributed by atoms with Crippen molar-refractivity contribution >= 4 is 39.5 Å². The zero-order valence-electron chi connectivity index (χ0n) is 64.3. The van der Waals surface area contributed by atoms with Crippen LogP contribution in [0.25, 0.3) is 0 Å². The van der Waals surface area contributed by atoms with E-state index in [9.17, 15) is 43.2 Å². The summed E-state index contributed by atoms with van der Waals surface area (Å²) in [5.74, 6) is 0.220. The van der Waals surface area contributed by atoms with Gasteiger partial charge >= 0.3 is 39.5 Å². The third-order valence-electron chi connectivity index (χ3n) is 18.7. The van der Waals surface area contributed by atoms with Crippen molar-refractivity contribution in [3.05, 3.63) is 0 Å². The first-order chi connectivity index (χ1) is 47.3. The molecule has 582 valence electrons. The second-order valence-corrected chi connectivity index (χ2v) is 32.6. The third kappa shape index (κ3) is 71.1. The molecule has 0 aliphatic heterocycles. The van der Waals surface area contributed by atoms with Gasteiger partial charge in [-0.3, -0.25) is 37.3 Å². The Morgan fingerprint density at radius 2 is 0.520 bits per heavy atom. The lowest BCUT2D eigenvalue weighted by Gasteiger charge is -2.21. The van der Waals surface area contributed by atoms with Gasteiger partial charge in [-0.25, -0.2) is 9.13 Å². The smallest absolute Gasteiger partial charge is 0.462 e. The van der Waals surface area contributed by atoms with Crippen LogP contribution in [0.15, 0.2) is 0 Å². The monoisotopic (exact) mass is 1440 g/mol. The molecule has 3 unspecified atom stereocenters. The summed E-state index contributed by atoms with van der Waals surface area (Å²) in [5.41, 5.74) is 0. The molecular formula is C79H154O17P2. The molecule has 0 aromatic heterocycles. The van der Waals surface area contributed by atoms with Gasteiger partial charge in [0.05, 0.1) is 26.4 Å². The summed E-state index contributed by atoms with van der Waals surface area (Å²) < 4.78 is 68.7. The standard InChI is InChI=1S/C79H154O17P2/c1-8-10-11-12-13-14-15-16-17-21-28-33-40-48-55-62-79(84)96-75(67-90-77(82)61-54-47-42-35-37-44-51-58-71(5)6)69-94-98(87,88)92-65-73(80)64-91-97(85,86)93-68-74(66-89-76(81)60-53-46-39-32-27-24-23-25-30-36-43-50-57-70(3)4)95-78(83)63-56-49-41-34-29-22-19-18-20-26-31-38-45-52-59-72(7)9-2/h70-75,80H,8-69H2,1-7H3,(H,85,86)(H,87,88)/t72?,73-,74-,75-/m1/s1. The Balaban J connectivity index is 5.25. The van der Waals surface area contributed by atoms with Gasteiger partial charge in [-0.2, -0.15) is 0 Å². The van der Waals surface area contributed by atoms with Crippen molar-refractivity contribution in [1.82, 2.24) is 0 Å². The summed E-state index contributed by atoms with van der Waals surface area (Å²) in [6.45, 7) is 11.9. The van der Waals surface area contributed by atoms with Crippen LogP contribution in [0.5, 0.6) is 0 Å². The first-order valence-corrected chi connectivity index (χ1v) is 43.9. The number of aliphatic hydroxyl groups excluding tert-OH is 1. The lowest BCUT2D eigenvalue weighted by atomic mass is 9.99. The van der Waals surface area contributed by atoms with E-state index in [0.29, 0.717) is 31.6 Å². The second-order valence-electron chi connectivity index (χ2n) is 29.6. The molecule has 0 fully saturated rings. The van der Waals surface area contributed by atoms with Gasteiger partial charge in [-0.15, -0.1) is 0 Å². The van der Waals surface area contributed by atoms with Crippen LogP contribution in [0.1, 0.15) is 408 Å². The second kappa shape index (κ2) is 69.4. The number of carbonyl (C=O) groups is 4. The number of hydrogen-bond acceptors (Lipinski definition) is 15. The van der Waals surface area contributed by atoms with Crippen molar-refractivity contribution in [2.24, 2.45) is 17.8 Å². The fraction of sp³-hybridized carbons (Fsp3) is 0.949. The topological polar surface area (TPSA) is 237 Å². The highest BCUT2D eigenvalue weighted by atomic mass is 31.2. The number of phosphoric ester groups is 2. The number of rotatable bonds is 77. The van der Waals surface area contributed by atoms with Crippen LogP contribution in [-0.4, -0.2) is 96.7 Å². The lowest BCUT2D eigenvalue weighted by molar-refractivity contribution is -0.161. The molecule has 3 N–H and O–H groups in total. The predicted octanol–water partition coefficient (Wildman–Crippen LogP) is 23.4. The van der Waals surface area contributed by atoms with E-state index in [1.54, 1.807) is 0 Å². The number of phosphoric acid groups is 2. The molecule has 98 heavy (non-hydrogen) atoms. The molecule has 17 nitrogen and oxygen atoms in total. The zero-order chi connectivity index (χ0) is 72.3. The number of aliphatic hydroxyl groups is 1. The summed E-state index contributed by atoms with van der Waals surface area (Å²) >= 11 is 0. The summed E-state index contributed by atoms with van der Waals surface area (Å²) in [7, 11) is -9.92. The molecule has 0 spiro atoms. The Morgan fingerprint density at radius 3 is 0.776 bits per heavy atom. The quantitative estimate of drug-likeness (QED) is 0.0222. The van der Waals surface area contributed by atoms with Gasteiger partial charge in [0.15, 0.2) is 12.2 Å². The van der Waals surface area contributed by atoms with Crippen molar-refractivity contribution < 1.29 is 80.2 Å². The van der Waals surface area contributed by atoms with Crippen molar-refractivity contribution in [2.75, 3.05) is 39.6 Å². The highest BCUT2D eigenvalue weighted by Crippen LogP contribution is 2.45. The minimum Gasteiger partial charge on any atom is -0.462 e. The molecule has 0 radical (unpaired) electrons. The number of esters is 4. The Kier molecular flexibility index (Phi) is 68.1. The normalized spacial score (nSPS) is 14.3. The van der Waals surface area contributed by atoms with E-state index in [4.69, 9.17) is 37.0 Å². The summed E-state index contributed by atoms with van der Waals surface area (Å²) in [4.78, 5) is 72.9. The summed E-state index contributed by atoms with van der Waals surface area (Å²) in [6, 6.07) is 0. The average molecular weight is 1440 g/mol. The molecule has 0 rings (SSSR count). The fourth-order valence-corrected chi connectivity index (χ4v) is 13.7. The number of hydrogen-bond donors (Lipinski definition) is 3. The Hall–Kier alpha value is -1.94. The minimum atomic E-state index is -4.96. The first-order valence-electron chi connectivity index (χ1n) is 40.9. The maximum absolute atomic E-state index is 13.1. The van der Waals surface area contributed by atoms with Gasteiger partial charge in [0.1, 0.15) is 19.3 Å². The van der Waals surface area contributed by atoms with E-state index in [0.717, 1.165) is 108 Å². The van der Waals surface area contributed by atoms with E-state index in [-0.39, 0.29) is 25.7 Å². The fourth-order valence-electron chi connectivity index (χ4n) is 12.1. The molecule has 0 aromatic carbocycles. The highest BCUT2D eigenvalue weighted by molar-refractivity contribution is 7.47. The molecule has 0 amide bonds. The van der Waals surface area contributed by atoms with Crippen molar-refractivity contribution in [3.8, 4) is 0 Å². The molecular weight excluding hydrogens is 1280 g/mol. The largest absolute Gasteiger partial charge is 0.472 e. The van der Waals surface area contributed by atoms with E-state index < -0.39 is 97.5 Å². The third-order valence-corrected chi connectivity index (χ3v) is 20.6. The highest BCUT2D eigenvalue weighted by Gasteiger charge is 2.30. The Morgan fingerprint density at radius 1 is 0.296 bits per heavy atom. The first kappa shape index (κ1) is 96.1. The molecule has 0 saturated heterocycles.